The Kier molecular flexibility index (Phi) is 4.95. The molecule has 2 rings (SSSR count). The number of nitrogens with one attached hydrogen (secondary N) is 1. The molecule has 1 aromatic rings. The first-order valence-electron chi connectivity index (χ1n) is 7.23. The number of likely N-dealkylation sites (tertiary alicyclic amines) is 1. The maximum atomic E-state index is 12.2. The summed E-state index contributed by atoms with van der Waals surface area (Å²) in [6.45, 7) is 4.05. The summed E-state index contributed by atoms with van der Waals surface area (Å²) in [5.41, 5.74) is 7.12. The molecule has 7 heteroatoms. The highest BCUT2D eigenvalue weighted by Crippen LogP contribution is 2.16. The fraction of sp³-hybridized carbons (Fsp3) is 0.643. The van der Waals surface area contributed by atoms with E-state index in [0.717, 1.165) is 30.8 Å². The molecule has 1 aromatic heterocycles. The van der Waals surface area contributed by atoms with Crippen molar-refractivity contribution in [3.05, 3.63) is 17.5 Å². The van der Waals surface area contributed by atoms with Crippen LogP contribution in [0.2, 0.25) is 0 Å². The van der Waals surface area contributed by atoms with Gasteiger partial charge in [-0.05, 0) is 32.4 Å². The number of nitrogens with zero attached hydrogens (tertiary/aromatic N) is 3. The number of aryl methyl sites for hydroxylation is 2. The van der Waals surface area contributed by atoms with Crippen LogP contribution in [0, 0.1) is 12.8 Å². The lowest BCUT2D eigenvalue weighted by atomic mass is 9.97. The van der Waals surface area contributed by atoms with Gasteiger partial charge in [-0.25, -0.2) is 0 Å². The van der Waals surface area contributed by atoms with Crippen molar-refractivity contribution in [1.29, 1.82) is 0 Å². The molecular formula is C14H23N5O2. The van der Waals surface area contributed by atoms with Crippen LogP contribution >= 0.6 is 0 Å². The number of nitrogens with two attached hydrogens (primary N) is 1. The van der Waals surface area contributed by atoms with Crippen molar-refractivity contribution in [2.24, 2.45) is 18.7 Å². The Morgan fingerprint density at radius 1 is 1.52 bits per heavy atom. The van der Waals surface area contributed by atoms with E-state index in [2.05, 4.69) is 10.4 Å². The maximum Gasteiger partial charge on any atom is 0.231 e. The van der Waals surface area contributed by atoms with Gasteiger partial charge in [0.2, 0.25) is 11.8 Å². The predicted octanol–water partition coefficient (Wildman–Crippen LogP) is -0.458. The summed E-state index contributed by atoms with van der Waals surface area (Å²) in [5.74, 6) is -0.392. The van der Waals surface area contributed by atoms with Crippen molar-refractivity contribution in [1.82, 2.24) is 20.0 Å². The summed E-state index contributed by atoms with van der Waals surface area (Å²) < 4.78 is 1.77. The van der Waals surface area contributed by atoms with E-state index >= 15 is 0 Å². The standard InChI is InChI=1S/C14H23N5O2/c1-10-6-12(18(2)17-10)7-16-14(21)11-4-3-5-19(8-11)9-13(15)20/h6,11H,3-5,7-9H2,1-2H3,(H2,15,20)(H,16,21)/t11-/m1/s1. The average Bonchev–Trinajstić information content (AvgIpc) is 2.74. The molecule has 2 heterocycles. The van der Waals surface area contributed by atoms with Crippen LogP contribution in [0.1, 0.15) is 24.2 Å². The number of amides is 2. The Balaban J connectivity index is 1.85. The summed E-state index contributed by atoms with van der Waals surface area (Å²) in [5, 5.41) is 7.21. The molecule has 0 spiro atoms. The first-order valence-corrected chi connectivity index (χ1v) is 7.23. The zero-order valence-corrected chi connectivity index (χ0v) is 12.6. The number of piperidine rings is 1. The molecule has 1 atom stereocenters. The van der Waals surface area contributed by atoms with Crippen LogP contribution in [0.25, 0.3) is 0 Å². The number of carbonyl (C=O) groups excluding carboxylic acids is 2. The Labute approximate surface area is 124 Å². The van der Waals surface area contributed by atoms with Crippen LogP contribution in [-0.2, 0) is 23.2 Å². The quantitative estimate of drug-likeness (QED) is 0.768. The van der Waals surface area contributed by atoms with Gasteiger partial charge in [-0.1, -0.05) is 0 Å². The molecule has 21 heavy (non-hydrogen) atoms. The molecule has 7 nitrogen and oxygen atoms in total. The number of carbonyl (C=O) groups is 2. The van der Waals surface area contributed by atoms with E-state index in [9.17, 15) is 9.59 Å². The van der Waals surface area contributed by atoms with E-state index in [1.54, 1.807) is 4.68 Å². The molecule has 0 radical (unpaired) electrons. The third-order valence-corrected chi connectivity index (χ3v) is 3.80. The van der Waals surface area contributed by atoms with Gasteiger partial charge in [0.1, 0.15) is 0 Å². The molecule has 116 valence electrons. The van der Waals surface area contributed by atoms with Gasteiger partial charge in [0.15, 0.2) is 0 Å². The van der Waals surface area contributed by atoms with Gasteiger partial charge in [-0.3, -0.25) is 19.2 Å². The number of primary amides is 1. The Bertz CT molecular complexity index is 525. The van der Waals surface area contributed by atoms with E-state index in [1.165, 1.54) is 0 Å². The van der Waals surface area contributed by atoms with Crippen molar-refractivity contribution >= 4 is 11.8 Å². The number of aromatic nitrogens is 2. The minimum absolute atomic E-state index is 0.0306. The Morgan fingerprint density at radius 2 is 2.29 bits per heavy atom. The molecule has 2 amide bonds. The highest BCUT2D eigenvalue weighted by Gasteiger charge is 2.26. The minimum Gasteiger partial charge on any atom is -0.369 e. The first-order chi connectivity index (χ1) is 9.95. The van der Waals surface area contributed by atoms with E-state index in [1.807, 2.05) is 24.9 Å². The molecule has 0 aliphatic carbocycles. The summed E-state index contributed by atoms with van der Waals surface area (Å²) in [7, 11) is 1.86. The Hall–Kier alpha value is -1.89. The second kappa shape index (κ2) is 6.71. The topological polar surface area (TPSA) is 93.3 Å². The van der Waals surface area contributed by atoms with Crippen molar-refractivity contribution in [2.75, 3.05) is 19.6 Å². The van der Waals surface area contributed by atoms with Crippen molar-refractivity contribution in [2.45, 2.75) is 26.3 Å². The minimum atomic E-state index is -0.346. The van der Waals surface area contributed by atoms with Crippen LogP contribution in [0.15, 0.2) is 6.07 Å². The molecular weight excluding hydrogens is 270 g/mol. The first kappa shape index (κ1) is 15.5. The van der Waals surface area contributed by atoms with Crippen LogP contribution in [0.5, 0.6) is 0 Å². The lowest BCUT2D eigenvalue weighted by molar-refractivity contribution is -0.128. The van der Waals surface area contributed by atoms with E-state index < -0.39 is 0 Å². The zero-order valence-electron chi connectivity index (χ0n) is 12.6. The fourth-order valence-electron chi connectivity index (χ4n) is 2.79. The van der Waals surface area contributed by atoms with Crippen LogP contribution in [-0.4, -0.2) is 46.1 Å². The lowest BCUT2D eigenvalue weighted by Crippen LogP contribution is -2.45. The lowest BCUT2D eigenvalue weighted by Gasteiger charge is -2.30. The summed E-state index contributed by atoms with van der Waals surface area (Å²) in [4.78, 5) is 25.2. The smallest absolute Gasteiger partial charge is 0.231 e. The fourth-order valence-corrected chi connectivity index (χ4v) is 2.79. The largest absolute Gasteiger partial charge is 0.369 e. The van der Waals surface area contributed by atoms with Crippen molar-refractivity contribution < 1.29 is 9.59 Å². The second-order valence-electron chi connectivity index (χ2n) is 5.66. The summed E-state index contributed by atoms with van der Waals surface area (Å²) in [6, 6.07) is 1.96. The second-order valence-corrected chi connectivity index (χ2v) is 5.66. The van der Waals surface area contributed by atoms with Crippen molar-refractivity contribution in [3.63, 3.8) is 0 Å². The molecule has 1 aliphatic rings. The normalized spacial score (nSPS) is 19.4. The van der Waals surface area contributed by atoms with Crippen LogP contribution in [0.3, 0.4) is 0 Å². The van der Waals surface area contributed by atoms with Crippen molar-refractivity contribution in [3.8, 4) is 0 Å². The van der Waals surface area contributed by atoms with Gasteiger partial charge < -0.3 is 11.1 Å². The summed E-state index contributed by atoms with van der Waals surface area (Å²) >= 11 is 0. The number of rotatable bonds is 5. The number of hydrogen-bond acceptors (Lipinski definition) is 4. The molecule has 0 aromatic carbocycles. The SMILES string of the molecule is Cc1cc(CNC(=O)[C@@H]2CCCN(CC(N)=O)C2)n(C)n1. The third kappa shape index (κ3) is 4.29. The highest BCUT2D eigenvalue weighted by atomic mass is 16.2. The van der Waals surface area contributed by atoms with Gasteiger partial charge in [0.25, 0.3) is 0 Å². The summed E-state index contributed by atoms with van der Waals surface area (Å²) in [6.07, 6.45) is 1.77. The molecule has 3 N–H and O–H groups in total. The maximum absolute atomic E-state index is 12.2. The van der Waals surface area contributed by atoms with Gasteiger partial charge >= 0.3 is 0 Å². The van der Waals surface area contributed by atoms with Gasteiger partial charge in [-0.2, -0.15) is 5.10 Å². The van der Waals surface area contributed by atoms with Gasteiger partial charge in [0, 0.05) is 13.6 Å². The van der Waals surface area contributed by atoms with E-state index in [4.69, 9.17) is 5.73 Å². The average molecular weight is 293 g/mol. The van der Waals surface area contributed by atoms with E-state index in [-0.39, 0.29) is 24.3 Å². The monoisotopic (exact) mass is 293 g/mol. The molecule has 1 aliphatic heterocycles. The number of hydrogen-bond donors (Lipinski definition) is 2. The molecule has 0 unspecified atom stereocenters. The van der Waals surface area contributed by atoms with E-state index in [0.29, 0.717) is 13.1 Å². The van der Waals surface area contributed by atoms with Crippen LogP contribution < -0.4 is 11.1 Å². The van der Waals surface area contributed by atoms with Gasteiger partial charge in [0.05, 0.1) is 30.4 Å². The van der Waals surface area contributed by atoms with Gasteiger partial charge in [-0.15, -0.1) is 0 Å². The zero-order chi connectivity index (χ0) is 15.4. The highest BCUT2D eigenvalue weighted by molar-refractivity contribution is 5.79. The van der Waals surface area contributed by atoms with Crippen LogP contribution in [0.4, 0.5) is 0 Å². The molecule has 0 saturated carbocycles. The molecule has 1 fully saturated rings. The molecule has 1 saturated heterocycles. The molecule has 0 bridgehead atoms. The Morgan fingerprint density at radius 3 is 2.90 bits per heavy atom. The third-order valence-electron chi connectivity index (χ3n) is 3.80. The predicted molar refractivity (Wildman–Crippen MR) is 78.2 cm³/mol.